The van der Waals surface area contributed by atoms with Gasteiger partial charge in [-0.25, -0.2) is 0 Å². The Labute approximate surface area is 118 Å². The van der Waals surface area contributed by atoms with Crippen LogP contribution in [0.2, 0.25) is 0 Å². The topological polar surface area (TPSA) is 71.8 Å². The number of hydrogen-bond donors (Lipinski definition) is 2. The second kappa shape index (κ2) is 6.18. The number of rotatable bonds is 5. The van der Waals surface area contributed by atoms with Gasteiger partial charge in [-0.2, -0.15) is 0 Å². The molecule has 0 fully saturated rings. The molecule has 0 aliphatic carbocycles. The predicted octanol–water partition coefficient (Wildman–Crippen LogP) is 1.74. The number of carbonyl (C=O) groups excluding carboxylic acids is 1. The minimum Gasteiger partial charge on any atom is -0.385 e. The summed E-state index contributed by atoms with van der Waals surface area (Å²) in [7, 11) is 1.85. The van der Waals surface area contributed by atoms with Crippen LogP contribution in [0.1, 0.15) is 36.1 Å². The van der Waals surface area contributed by atoms with E-state index in [0.717, 1.165) is 18.1 Å². The Hall–Kier alpha value is -2.37. The van der Waals surface area contributed by atoms with Crippen LogP contribution >= 0.6 is 0 Å². The number of hydrogen-bond acceptors (Lipinski definition) is 4. The van der Waals surface area contributed by atoms with Crippen LogP contribution in [0.15, 0.2) is 30.6 Å². The molecule has 106 valence electrons. The number of anilines is 1. The molecule has 0 aliphatic heterocycles. The fourth-order valence-corrected chi connectivity index (χ4v) is 2.05. The lowest BCUT2D eigenvalue weighted by Crippen LogP contribution is -2.29. The lowest BCUT2D eigenvalue weighted by molar-refractivity contribution is 0.0938. The Morgan fingerprint density at radius 2 is 2.15 bits per heavy atom. The van der Waals surface area contributed by atoms with Crippen LogP contribution in [0.25, 0.3) is 0 Å². The van der Waals surface area contributed by atoms with E-state index in [1.807, 2.05) is 39.1 Å². The fraction of sp³-hybridized carbons (Fsp3) is 0.357. The van der Waals surface area contributed by atoms with Crippen molar-refractivity contribution in [1.82, 2.24) is 20.1 Å². The zero-order valence-corrected chi connectivity index (χ0v) is 11.9. The summed E-state index contributed by atoms with van der Waals surface area (Å²) in [5.41, 5.74) is 1.46. The summed E-state index contributed by atoms with van der Waals surface area (Å²) in [6.07, 6.45) is 1.62. The van der Waals surface area contributed by atoms with Gasteiger partial charge in [0.05, 0.1) is 11.6 Å². The minimum absolute atomic E-state index is 0.128. The van der Waals surface area contributed by atoms with Crippen molar-refractivity contribution in [3.63, 3.8) is 0 Å². The first-order chi connectivity index (χ1) is 9.63. The number of aryl methyl sites for hydroxylation is 1. The third-order valence-electron chi connectivity index (χ3n) is 3.02. The number of carbonyl (C=O) groups is 1. The van der Waals surface area contributed by atoms with Gasteiger partial charge in [0.2, 0.25) is 0 Å². The van der Waals surface area contributed by atoms with Crippen molar-refractivity contribution in [2.75, 3.05) is 11.9 Å². The Morgan fingerprint density at radius 3 is 2.80 bits per heavy atom. The summed E-state index contributed by atoms with van der Waals surface area (Å²) in [6.45, 7) is 4.65. The van der Waals surface area contributed by atoms with Crippen molar-refractivity contribution in [2.24, 2.45) is 7.05 Å². The van der Waals surface area contributed by atoms with Crippen LogP contribution in [0.5, 0.6) is 0 Å². The van der Waals surface area contributed by atoms with Crippen molar-refractivity contribution >= 4 is 11.6 Å². The molecule has 2 aromatic rings. The third kappa shape index (κ3) is 2.96. The molecule has 6 nitrogen and oxygen atoms in total. The van der Waals surface area contributed by atoms with Gasteiger partial charge in [-0.15, -0.1) is 10.2 Å². The van der Waals surface area contributed by atoms with Crippen molar-refractivity contribution in [3.05, 3.63) is 42.0 Å². The molecular formula is C14H19N5O. The smallest absolute Gasteiger partial charge is 0.253 e. The molecule has 6 heteroatoms. The molecule has 2 N–H and O–H groups in total. The number of nitrogens with zero attached hydrogens (tertiary/aromatic N) is 3. The Balaban J connectivity index is 2.14. The van der Waals surface area contributed by atoms with Crippen molar-refractivity contribution in [1.29, 1.82) is 0 Å². The van der Waals surface area contributed by atoms with Crippen LogP contribution in [0.3, 0.4) is 0 Å². The van der Waals surface area contributed by atoms with Crippen molar-refractivity contribution < 1.29 is 4.79 Å². The standard InChI is InChI=1S/C14H19N5O/c1-4-15-12-8-6-5-7-11(12)14(20)17-10(2)13-18-16-9-19(13)3/h5-10,15H,4H2,1-3H3,(H,17,20). The summed E-state index contributed by atoms with van der Waals surface area (Å²) < 4.78 is 1.79. The van der Waals surface area contributed by atoms with E-state index in [2.05, 4.69) is 20.8 Å². The summed E-state index contributed by atoms with van der Waals surface area (Å²) in [6, 6.07) is 7.25. The lowest BCUT2D eigenvalue weighted by Gasteiger charge is -2.15. The van der Waals surface area contributed by atoms with E-state index >= 15 is 0 Å². The molecule has 0 spiro atoms. The van der Waals surface area contributed by atoms with Crippen LogP contribution in [0, 0.1) is 0 Å². The van der Waals surface area contributed by atoms with Gasteiger partial charge in [-0.3, -0.25) is 4.79 Å². The maximum absolute atomic E-state index is 12.3. The SMILES string of the molecule is CCNc1ccccc1C(=O)NC(C)c1nncn1C. The minimum atomic E-state index is -0.204. The van der Waals surface area contributed by atoms with Gasteiger partial charge in [-0.05, 0) is 26.0 Å². The van der Waals surface area contributed by atoms with E-state index in [0.29, 0.717) is 5.56 Å². The Kier molecular flexibility index (Phi) is 4.34. The monoisotopic (exact) mass is 273 g/mol. The van der Waals surface area contributed by atoms with Gasteiger partial charge < -0.3 is 15.2 Å². The molecule has 0 radical (unpaired) electrons. The first-order valence-corrected chi connectivity index (χ1v) is 6.61. The summed E-state index contributed by atoms with van der Waals surface area (Å²) >= 11 is 0. The molecule has 1 unspecified atom stereocenters. The van der Waals surface area contributed by atoms with Crippen LogP contribution in [-0.4, -0.2) is 27.2 Å². The normalized spacial score (nSPS) is 11.9. The lowest BCUT2D eigenvalue weighted by atomic mass is 10.1. The molecule has 1 atom stereocenters. The molecule has 0 saturated heterocycles. The fourth-order valence-electron chi connectivity index (χ4n) is 2.05. The molecular weight excluding hydrogens is 254 g/mol. The number of benzene rings is 1. The van der Waals surface area contributed by atoms with Crippen molar-refractivity contribution in [3.8, 4) is 0 Å². The second-order valence-electron chi connectivity index (χ2n) is 4.57. The predicted molar refractivity (Wildman–Crippen MR) is 77.5 cm³/mol. The largest absolute Gasteiger partial charge is 0.385 e. The van der Waals surface area contributed by atoms with Gasteiger partial charge in [0, 0.05) is 19.3 Å². The van der Waals surface area contributed by atoms with Gasteiger partial charge in [-0.1, -0.05) is 12.1 Å². The quantitative estimate of drug-likeness (QED) is 0.870. The Morgan fingerprint density at radius 1 is 1.40 bits per heavy atom. The first kappa shape index (κ1) is 14.0. The van der Waals surface area contributed by atoms with E-state index < -0.39 is 0 Å². The number of para-hydroxylation sites is 1. The second-order valence-corrected chi connectivity index (χ2v) is 4.57. The average Bonchev–Trinajstić information content (AvgIpc) is 2.86. The molecule has 0 aliphatic rings. The van der Waals surface area contributed by atoms with Crippen molar-refractivity contribution in [2.45, 2.75) is 19.9 Å². The number of amides is 1. The molecule has 0 bridgehead atoms. The average molecular weight is 273 g/mol. The zero-order chi connectivity index (χ0) is 14.5. The highest BCUT2D eigenvalue weighted by atomic mass is 16.1. The van der Waals surface area contributed by atoms with E-state index in [-0.39, 0.29) is 11.9 Å². The highest BCUT2D eigenvalue weighted by molar-refractivity contribution is 5.99. The third-order valence-corrected chi connectivity index (χ3v) is 3.02. The highest BCUT2D eigenvalue weighted by Crippen LogP contribution is 2.16. The molecule has 20 heavy (non-hydrogen) atoms. The molecule has 1 aromatic carbocycles. The molecule has 2 rings (SSSR count). The van der Waals surface area contributed by atoms with Crippen LogP contribution in [-0.2, 0) is 7.05 Å². The van der Waals surface area contributed by atoms with Gasteiger partial charge in [0.25, 0.3) is 5.91 Å². The molecule has 0 saturated carbocycles. The summed E-state index contributed by atoms with van der Waals surface area (Å²) in [5.74, 6) is 0.594. The maximum atomic E-state index is 12.3. The van der Waals surface area contributed by atoms with E-state index in [4.69, 9.17) is 0 Å². The zero-order valence-electron chi connectivity index (χ0n) is 11.9. The van der Waals surface area contributed by atoms with E-state index in [9.17, 15) is 4.79 Å². The van der Waals surface area contributed by atoms with E-state index in [1.165, 1.54) is 0 Å². The van der Waals surface area contributed by atoms with Gasteiger partial charge in [0.1, 0.15) is 6.33 Å². The number of aromatic nitrogens is 3. The highest BCUT2D eigenvalue weighted by Gasteiger charge is 2.17. The first-order valence-electron chi connectivity index (χ1n) is 6.61. The van der Waals surface area contributed by atoms with Gasteiger partial charge >= 0.3 is 0 Å². The Bertz CT molecular complexity index is 593. The number of nitrogens with one attached hydrogen (secondary N) is 2. The van der Waals surface area contributed by atoms with Gasteiger partial charge in [0.15, 0.2) is 5.82 Å². The van der Waals surface area contributed by atoms with Crippen LogP contribution < -0.4 is 10.6 Å². The summed E-state index contributed by atoms with van der Waals surface area (Å²) in [4.78, 5) is 12.3. The maximum Gasteiger partial charge on any atom is 0.253 e. The molecule has 1 amide bonds. The van der Waals surface area contributed by atoms with Crippen LogP contribution in [0.4, 0.5) is 5.69 Å². The van der Waals surface area contributed by atoms with E-state index in [1.54, 1.807) is 17.0 Å². The molecule has 1 aromatic heterocycles. The molecule has 1 heterocycles. The summed E-state index contributed by atoms with van der Waals surface area (Å²) in [5, 5.41) is 13.9.